The van der Waals surface area contributed by atoms with Crippen LogP contribution in [0.15, 0.2) is 53.9 Å². The molecule has 1 saturated carbocycles. The Balaban J connectivity index is 1.52. The molecule has 3 aromatic rings. The molecule has 0 unspecified atom stereocenters. The molecule has 2 aromatic carbocycles. The third-order valence-electron chi connectivity index (χ3n) is 5.49. The Morgan fingerprint density at radius 1 is 1.07 bits per heavy atom. The van der Waals surface area contributed by atoms with Crippen molar-refractivity contribution in [3.8, 4) is 11.3 Å². The van der Waals surface area contributed by atoms with Crippen molar-refractivity contribution in [1.82, 2.24) is 4.98 Å². The number of anilines is 2. The molecule has 0 radical (unpaired) electrons. The number of carbonyl (C=O) groups is 2. The zero-order valence-corrected chi connectivity index (χ0v) is 17.4. The van der Waals surface area contributed by atoms with E-state index in [4.69, 9.17) is 0 Å². The molecule has 1 fully saturated rings. The van der Waals surface area contributed by atoms with E-state index in [9.17, 15) is 14.0 Å². The molecule has 0 saturated heterocycles. The van der Waals surface area contributed by atoms with Gasteiger partial charge in [-0.1, -0.05) is 37.1 Å². The van der Waals surface area contributed by atoms with Gasteiger partial charge >= 0.3 is 0 Å². The second-order valence-electron chi connectivity index (χ2n) is 7.55. The van der Waals surface area contributed by atoms with Gasteiger partial charge in [-0.15, -0.1) is 11.3 Å². The number of benzene rings is 2. The molecule has 0 aliphatic heterocycles. The van der Waals surface area contributed by atoms with Crippen LogP contribution in [0.4, 0.5) is 15.2 Å². The van der Waals surface area contributed by atoms with Crippen LogP contribution in [0.5, 0.6) is 0 Å². The predicted molar refractivity (Wildman–Crippen MR) is 117 cm³/mol. The number of nitrogens with zero attached hydrogens (tertiary/aromatic N) is 1. The lowest BCUT2D eigenvalue weighted by atomic mass is 9.78. The molecule has 7 heteroatoms. The Kier molecular flexibility index (Phi) is 5.63. The monoisotopic (exact) mass is 423 g/mol. The molecule has 1 aliphatic carbocycles. The Labute approximate surface area is 178 Å². The van der Waals surface area contributed by atoms with Gasteiger partial charge in [-0.3, -0.25) is 9.59 Å². The number of halogens is 1. The van der Waals surface area contributed by atoms with Crippen molar-refractivity contribution in [2.75, 3.05) is 10.6 Å². The second kappa shape index (κ2) is 8.36. The topological polar surface area (TPSA) is 71.1 Å². The molecule has 0 spiro atoms. The number of amides is 2. The number of aromatic nitrogens is 1. The van der Waals surface area contributed by atoms with Crippen molar-refractivity contribution in [2.24, 2.45) is 0 Å². The Morgan fingerprint density at radius 3 is 2.47 bits per heavy atom. The average Bonchev–Trinajstić information content (AvgIpc) is 3.39. The van der Waals surface area contributed by atoms with Crippen LogP contribution in [0, 0.1) is 5.82 Å². The van der Waals surface area contributed by atoms with Crippen molar-refractivity contribution in [2.45, 2.75) is 38.0 Å². The summed E-state index contributed by atoms with van der Waals surface area (Å²) in [6, 6.07) is 13.7. The van der Waals surface area contributed by atoms with E-state index in [1.807, 2.05) is 35.7 Å². The minimum absolute atomic E-state index is 0.124. The van der Waals surface area contributed by atoms with E-state index in [1.54, 1.807) is 6.07 Å². The Morgan fingerprint density at radius 2 is 1.80 bits per heavy atom. The SMILES string of the molecule is CC(=O)Nc1ccc(-c2csc(NC(=O)C3(c4cccc(F)c4)CCCC3)n2)cc1. The van der Waals surface area contributed by atoms with Gasteiger partial charge < -0.3 is 10.6 Å². The maximum Gasteiger partial charge on any atom is 0.236 e. The largest absolute Gasteiger partial charge is 0.326 e. The third-order valence-corrected chi connectivity index (χ3v) is 6.25. The van der Waals surface area contributed by atoms with Crippen molar-refractivity contribution in [3.05, 3.63) is 65.3 Å². The van der Waals surface area contributed by atoms with Gasteiger partial charge in [0.2, 0.25) is 11.8 Å². The first-order valence-corrected chi connectivity index (χ1v) is 10.8. The summed E-state index contributed by atoms with van der Waals surface area (Å²) in [5.74, 6) is -0.584. The second-order valence-corrected chi connectivity index (χ2v) is 8.41. The molecule has 1 aromatic heterocycles. The Hall–Kier alpha value is -3.06. The highest BCUT2D eigenvalue weighted by Gasteiger charge is 2.43. The molecule has 2 N–H and O–H groups in total. The van der Waals surface area contributed by atoms with E-state index in [2.05, 4.69) is 15.6 Å². The number of thiazole rings is 1. The van der Waals surface area contributed by atoms with Crippen LogP contribution in [0.3, 0.4) is 0 Å². The molecule has 0 atom stereocenters. The molecule has 4 rings (SSSR count). The fourth-order valence-corrected chi connectivity index (χ4v) is 4.73. The smallest absolute Gasteiger partial charge is 0.236 e. The first-order valence-electron chi connectivity index (χ1n) is 9.87. The number of nitrogens with one attached hydrogen (secondary N) is 2. The van der Waals surface area contributed by atoms with Gasteiger partial charge in [0.15, 0.2) is 5.13 Å². The van der Waals surface area contributed by atoms with Crippen LogP contribution >= 0.6 is 11.3 Å². The van der Waals surface area contributed by atoms with E-state index in [0.29, 0.717) is 23.7 Å². The standard InChI is InChI=1S/C23H22FN3O2S/c1-15(28)25-19-9-7-16(8-10-19)20-14-30-22(26-20)27-21(29)23(11-2-3-12-23)17-5-4-6-18(24)13-17/h4-10,13-14H,2-3,11-12H2,1H3,(H,25,28)(H,26,27,29). The van der Waals surface area contributed by atoms with Crippen molar-refractivity contribution in [1.29, 1.82) is 0 Å². The van der Waals surface area contributed by atoms with Gasteiger partial charge in [0.25, 0.3) is 0 Å². The van der Waals surface area contributed by atoms with Crippen LogP contribution in [0.1, 0.15) is 38.2 Å². The van der Waals surface area contributed by atoms with Gasteiger partial charge in [-0.2, -0.15) is 0 Å². The average molecular weight is 424 g/mol. The summed E-state index contributed by atoms with van der Waals surface area (Å²) in [5, 5.41) is 8.09. The van der Waals surface area contributed by atoms with E-state index in [0.717, 1.165) is 29.7 Å². The highest BCUT2D eigenvalue weighted by molar-refractivity contribution is 7.14. The molecular weight excluding hydrogens is 401 g/mol. The molecule has 0 bridgehead atoms. The molecule has 5 nitrogen and oxygen atoms in total. The molecule has 2 amide bonds. The van der Waals surface area contributed by atoms with Crippen LogP contribution in [-0.4, -0.2) is 16.8 Å². The number of rotatable bonds is 5. The minimum Gasteiger partial charge on any atom is -0.326 e. The van der Waals surface area contributed by atoms with Gasteiger partial charge in [0.05, 0.1) is 11.1 Å². The van der Waals surface area contributed by atoms with E-state index >= 15 is 0 Å². The fraction of sp³-hybridized carbons (Fsp3) is 0.261. The van der Waals surface area contributed by atoms with Crippen molar-refractivity contribution >= 4 is 34.0 Å². The normalized spacial score (nSPS) is 15.0. The quantitative estimate of drug-likeness (QED) is 0.580. The number of hydrogen-bond acceptors (Lipinski definition) is 4. The lowest BCUT2D eigenvalue weighted by Crippen LogP contribution is -2.38. The zero-order chi connectivity index (χ0) is 21.1. The van der Waals surface area contributed by atoms with Crippen LogP contribution < -0.4 is 10.6 Å². The summed E-state index contributed by atoms with van der Waals surface area (Å²) in [6.07, 6.45) is 3.28. The first kappa shape index (κ1) is 20.2. The summed E-state index contributed by atoms with van der Waals surface area (Å²) in [7, 11) is 0. The van der Waals surface area contributed by atoms with Gasteiger partial charge in [0, 0.05) is 23.6 Å². The maximum atomic E-state index is 13.8. The Bertz CT molecular complexity index is 1070. The van der Waals surface area contributed by atoms with Crippen LogP contribution in [0.25, 0.3) is 11.3 Å². The van der Waals surface area contributed by atoms with Crippen LogP contribution in [0.2, 0.25) is 0 Å². The van der Waals surface area contributed by atoms with Gasteiger partial charge in [0.1, 0.15) is 5.82 Å². The molecular formula is C23H22FN3O2S. The summed E-state index contributed by atoms with van der Waals surface area (Å²) in [6.45, 7) is 1.46. The molecule has 1 heterocycles. The van der Waals surface area contributed by atoms with E-state index < -0.39 is 5.41 Å². The number of carbonyl (C=O) groups excluding carboxylic acids is 2. The zero-order valence-electron chi connectivity index (χ0n) is 16.6. The maximum absolute atomic E-state index is 13.8. The summed E-state index contributed by atoms with van der Waals surface area (Å²) in [5.41, 5.74) is 2.36. The predicted octanol–water partition coefficient (Wildman–Crippen LogP) is 5.36. The first-order chi connectivity index (χ1) is 14.5. The summed E-state index contributed by atoms with van der Waals surface area (Å²) >= 11 is 1.36. The third kappa shape index (κ3) is 4.11. The van der Waals surface area contributed by atoms with Gasteiger partial charge in [-0.05, 0) is 42.7 Å². The lowest BCUT2D eigenvalue weighted by molar-refractivity contribution is -0.121. The van der Waals surface area contributed by atoms with Gasteiger partial charge in [-0.25, -0.2) is 9.37 Å². The highest BCUT2D eigenvalue weighted by Crippen LogP contribution is 2.42. The molecule has 154 valence electrons. The highest BCUT2D eigenvalue weighted by atomic mass is 32.1. The molecule has 1 aliphatic rings. The lowest BCUT2D eigenvalue weighted by Gasteiger charge is -2.27. The fourth-order valence-electron chi connectivity index (χ4n) is 4.02. The minimum atomic E-state index is -0.714. The van der Waals surface area contributed by atoms with Crippen molar-refractivity contribution in [3.63, 3.8) is 0 Å². The summed E-state index contributed by atoms with van der Waals surface area (Å²) < 4.78 is 13.8. The van der Waals surface area contributed by atoms with Crippen LogP contribution in [-0.2, 0) is 15.0 Å². The summed E-state index contributed by atoms with van der Waals surface area (Å²) in [4.78, 5) is 28.9. The van der Waals surface area contributed by atoms with E-state index in [-0.39, 0.29) is 17.6 Å². The van der Waals surface area contributed by atoms with E-state index in [1.165, 1.54) is 30.4 Å². The van der Waals surface area contributed by atoms with Crippen molar-refractivity contribution < 1.29 is 14.0 Å². The number of hydrogen-bond donors (Lipinski definition) is 2. The molecule has 30 heavy (non-hydrogen) atoms.